The molecule has 2 heterocycles. The lowest BCUT2D eigenvalue weighted by Gasteiger charge is -2.36. The number of carbonyl (C=O) groups is 2. The number of nitrogens with zero attached hydrogens (tertiary/aromatic N) is 3. The van der Waals surface area contributed by atoms with Crippen molar-refractivity contribution in [3.8, 4) is 0 Å². The van der Waals surface area contributed by atoms with Crippen LogP contribution >= 0.6 is 0 Å². The minimum Gasteiger partial charge on any atom is -0.369 e. The quantitative estimate of drug-likeness (QED) is 0.540. The maximum absolute atomic E-state index is 13.1. The summed E-state index contributed by atoms with van der Waals surface area (Å²) in [5.41, 5.74) is 4.96. The zero-order valence-corrected chi connectivity index (χ0v) is 22.2. The second kappa shape index (κ2) is 12.4. The van der Waals surface area contributed by atoms with E-state index in [0.717, 1.165) is 51.1 Å². The zero-order chi connectivity index (χ0) is 25.5. The molecule has 6 heteroatoms. The predicted molar refractivity (Wildman–Crippen MR) is 146 cm³/mol. The van der Waals surface area contributed by atoms with Gasteiger partial charge in [-0.2, -0.15) is 0 Å². The number of nitrogens with one attached hydrogen (secondary N) is 1. The molecule has 0 aliphatic carbocycles. The van der Waals surface area contributed by atoms with E-state index < -0.39 is 6.04 Å². The summed E-state index contributed by atoms with van der Waals surface area (Å²) in [6, 6.07) is 16.5. The summed E-state index contributed by atoms with van der Waals surface area (Å²) < 4.78 is 0. The minimum absolute atomic E-state index is 0.0200. The van der Waals surface area contributed by atoms with Crippen LogP contribution in [0.15, 0.2) is 48.5 Å². The van der Waals surface area contributed by atoms with E-state index in [1.165, 1.54) is 16.8 Å². The number of amides is 2. The fourth-order valence-corrected chi connectivity index (χ4v) is 5.33. The topological polar surface area (TPSA) is 55.9 Å². The number of unbranched alkanes of at least 4 members (excludes halogenated alkanes) is 1. The van der Waals surface area contributed by atoms with Crippen molar-refractivity contribution in [2.24, 2.45) is 5.92 Å². The van der Waals surface area contributed by atoms with Gasteiger partial charge in [-0.05, 0) is 61.1 Å². The molecule has 194 valence electrons. The molecule has 0 spiro atoms. The number of hydrogen-bond acceptors (Lipinski definition) is 4. The molecule has 0 aromatic heterocycles. The molecule has 2 aliphatic heterocycles. The SMILES string of the molecule is Cc1cccc(N2CCN(CCCCNC(=O)[C@H]3Cc4ccccc4CN3C(=O)CC(C)C)CC2)c1. The molecular weight excluding hydrogens is 448 g/mol. The van der Waals surface area contributed by atoms with E-state index in [-0.39, 0.29) is 17.7 Å². The van der Waals surface area contributed by atoms with Crippen molar-refractivity contribution in [3.05, 3.63) is 65.2 Å². The molecule has 1 saturated heterocycles. The van der Waals surface area contributed by atoms with Crippen LogP contribution in [0.5, 0.6) is 0 Å². The molecule has 0 unspecified atom stereocenters. The van der Waals surface area contributed by atoms with Gasteiger partial charge in [0.05, 0.1) is 0 Å². The third kappa shape index (κ3) is 6.88. The van der Waals surface area contributed by atoms with Gasteiger partial charge >= 0.3 is 0 Å². The van der Waals surface area contributed by atoms with Gasteiger partial charge in [0.2, 0.25) is 11.8 Å². The molecule has 1 atom stereocenters. The Balaban J connectivity index is 1.20. The number of piperazine rings is 1. The number of rotatable bonds is 9. The number of benzene rings is 2. The summed E-state index contributed by atoms with van der Waals surface area (Å²) in [7, 11) is 0. The first-order valence-corrected chi connectivity index (χ1v) is 13.6. The van der Waals surface area contributed by atoms with Gasteiger partial charge in [0.25, 0.3) is 0 Å². The van der Waals surface area contributed by atoms with Crippen molar-refractivity contribution in [3.63, 3.8) is 0 Å². The lowest BCUT2D eigenvalue weighted by Crippen LogP contribution is -2.53. The largest absolute Gasteiger partial charge is 0.369 e. The predicted octanol–water partition coefficient (Wildman–Crippen LogP) is 4.01. The van der Waals surface area contributed by atoms with Crippen molar-refractivity contribution >= 4 is 17.5 Å². The maximum Gasteiger partial charge on any atom is 0.243 e. The highest BCUT2D eigenvalue weighted by Gasteiger charge is 2.34. The summed E-state index contributed by atoms with van der Waals surface area (Å²) in [4.78, 5) is 32.9. The smallest absolute Gasteiger partial charge is 0.243 e. The monoisotopic (exact) mass is 490 g/mol. The van der Waals surface area contributed by atoms with E-state index in [4.69, 9.17) is 0 Å². The fraction of sp³-hybridized carbons (Fsp3) is 0.533. The van der Waals surface area contributed by atoms with Gasteiger partial charge in [0, 0.05) is 57.8 Å². The molecule has 0 radical (unpaired) electrons. The maximum atomic E-state index is 13.1. The Morgan fingerprint density at radius 3 is 2.44 bits per heavy atom. The molecule has 36 heavy (non-hydrogen) atoms. The van der Waals surface area contributed by atoms with Crippen LogP contribution in [0.25, 0.3) is 0 Å². The standard InChI is InChI=1S/C30H42N4O2/c1-23(2)19-29(35)34-22-26-11-5-4-10-25(26)21-28(34)30(36)31-13-6-7-14-32-15-17-33(18-16-32)27-12-8-9-24(3)20-27/h4-5,8-12,20,23,28H,6-7,13-19,21-22H2,1-3H3,(H,31,36)/t28-/m1/s1. The van der Waals surface area contributed by atoms with E-state index in [1.807, 2.05) is 26.0 Å². The van der Waals surface area contributed by atoms with Crippen molar-refractivity contribution in [2.75, 3.05) is 44.2 Å². The Morgan fingerprint density at radius 1 is 0.972 bits per heavy atom. The summed E-state index contributed by atoms with van der Waals surface area (Å²) in [5.74, 6) is 0.329. The van der Waals surface area contributed by atoms with Gasteiger partial charge in [-0.3, -0.25) is 14.5 Å². The Kier molecular flexibility index (Phi) is 9.03. The van der Waals surface area contributed by atoms with Gasteiger partial charge < -0.3 is 15.1 Å². The zero-order valence-electron chi connectivity index (χ0n) is 22.2. The number of fused-ring (bicyclic) bond motifs is 1. The third-order valence-electron chi connectivity index (χ3n) is 7.39. The molecule has 2 aromatic carbocycles. The van der Waals surface area contributed by atoms with Gasteiger partial charge in [-0.25, -0.2) is 0 Å². The van der Waals surface area contributed by atoms with Crippen LogP contribution < -0.4 is 10.2 Å². The minimum atomic E-state index is -0.416. The highest BCUT2D eigenvalue weighted by atomic mass is 16.2. The highest BCUT2D eigenvalue weighted by molar-refractivity contribution is 5.88. The molecule has 4 rings (SSSR count). The molecule has 0 saturated carbocycles. The molecule has 2 aromatic rings. The lowest BCUT2D eigenvalue weighted by atomic mass is 9.92. The van der Waals surface area contributed by atoms with Gasteiger partial charge in [-0.15, -0.1) is 0 Å². The average molecular weight is 491 g/mol. The van der Waals surface area contributed by atoms with Crippen LogP contribution in [-0.4, -0.2) is 66.9 Å². The van der Waals surface area contributed by atoms with E-state index >= 15 is 0 Å². The first-order valence-electron chi connectivity index (χ1n) is 13.6. The summed E-state index contributed by atoms with van der Waals surface area (Å²) in [6.07, 6.45) is 3.08. The molecule has 2 aliphatic rings. The number of carbonyl (C=O) groups excluding carboxylic acids is 2. The van der Waals surface area contributed by atoms with Gasteiger partial charge in [0.1, 0.15) is 6.04 Å². The Bertz CT molecular complexity index is 1030. The summed E-state index contributed by atoms with van der Waals surface area (Å²) in [6.45, 7) is 12.8. The van der Waals surface area contributed by atoms with E-state index in [2.05, 4.69) is 58.4 Å². The van der Waals surface area contributed by atoms with Crippen LogP contribution in [0.2, 0.25) is 0 Å². The van der Waals surface area contributed by atoms with Crippen molar-refractivity contribution < 1.29 is 9.59 Å². The second-order valence-corrected chi connectivity index (χ2v) is 10.8. The first kappa shape index (κ1) is 26.2. The Labute approximate surface area is 216 Å². The molecular formula is C30H42N4O2. The van der Waals surface area contributed by atoms with Crippen LogP contribution in [0.3, 0.4) is 0 Å². The van der Waals surface area contributed by atoms with Gasteiger partial charge in [0.15, 0.2) is 0 Å². The second-order valence-electron chi connectivity index (χ2n) is 10.8. The highest BCUT2D eigenvalue weighted by Crippen LogP contribution is 2.25. The molecule has 0 bridgehead atoms. The average Bonchev–Trinajstić information content (AvgIpc) is 2.87. The number of hydrogen-bond donors (Lipinski definition) is 1. The number of aryl methyl sites for hydroxylation is 1. The summed E-state index contributed by atoms with van der Waals surface area (Å²) >= 11 is 0. The Hall–Kier alpha value is -2.86. The third-order valence-corrected chi connectivity index (χ3v) is 7.39. The van der Waals surface area contributed by atoms with E-state index in [0.29, 0.717) is 25.9 Å². The molecule has 1 N–H and O–H groups in total. The first-order chi connectivity index (χ1) is 17.4. The van der Waals surface area contributed by atoms with Crippen molar-refractivity contribution in [2.45, 2.75) is 59.0 Å². The summed E-state index contributed by atoms with van der Waals surface area (Å²) in [5, 5.41) is 3.13. The van der Waals surface area contributed by atoms with Crippen LogP contribution in [-0.2, 0) is 22.6 Å². The van der Waals surface area contributed by atoms with Crippen LogP contribution in [0.4, 0.5) is 5.69 Å². The number of anilines is 1. The van der Waals surface area contributed by atoms with Crippen LogP contribution in [0, 0.1) is 12.8 Å². The molecule has 1 fully saturated rings. The fourth-order valence-electron chi connectivity index (χ4n) is 5.33. The van der Waals surface area contributed by atoms with E-state index in [9.17, 15) is 9.59 Å². The van der Waals surface area contributed by atoms with Gasteiger partial charge in [-0.1, -0.05) is 50.2 Å². The van der Waals surface area contributed by atoms with Crippen molar-refractivity contribution in [1.29, 1.82) is 0 Å². The Morgan fingerprint density at radius 2 is 1.72 bits per heavy atom. The lowest BCUT2D eigenvalue weighted by molar-refractivity contribution is -0.142. The van der Waals surface area contributed by atoms with E-state index in [1.54, 1.807) is 4.90 Å². The van der Waals surface area contributed by atoms with Crippen LogP contribution in [0.1, 0.15) is 49.8 Å². The normalized spacial score (nSPS) is 18.3. The molecule has 2 amide bonds. The van der Waals surface area contributed by atoms with Crippen molar-refractivity contribution in [1.82, 2.24) is 15.1 Å². The molecule has 6 nitrogen and oxygen atoms in total.